The van der Waals surface area contributed by atoms with Gasteiger partial charge in [0.1, 0.15) is 0 Å². The molecule has 110 valence electrons. The molecule has 0 bridgehead atoms. The van der Waals surface area contributed by atoms with Crippen LogP contribution in [-0.2, 0) is 6.42 Å². The van der Waals surface area contributed by atoms with Crippen molar-refractivity contribution in [3.8, 4) is 0 Å². The summed E-state index contributed by atoms with van der Waals surface area (Å²) in [5, 5.41) is 4.17. The largest absolute Gasteiger partial charge is 0.364 e. The monoisotopic (exact) mass is 300 g/mol. The van der Waals surface area contributed by atoms with Gasteiger partial charge in [-0.2, -0.15) is 0 Å². The van der Waals surface area contributed by atoms with E-state index in [2.05, 4.69) is 52.7 Å². The molecule has 0 radical (unpaired) electrons. The molecule has 21 heavy (non-hydrogen) atoms. The van der Waals surface area contributed by atoms with E-state index >= 15 is 0 Å². The number of hydrogen-bond acceptors (Lipinski definition) is 2. The van der Waals surface area contributed by atoms with E-state index in [1.807, 2.05) is 13.1 Å². The molecule has 1 atom stereocenters. The smallest absolute Gasteiger partial charge is 0.0554 e. The number of nitrogens with one attached hydrogen (secondary N) is 1. The van der Waals surface area contributed by atoms with Gasteiger partial charge in [-0.3, -0.25) is 0 Å². The van der Waals surface area contributed by atoms with Crippen molar-refractivity contribution >= 4 is 17.3 Å². The summed E-state index contributed by atoms with van der Waals surface area (Å²) in [5.74, 6) is 0. The van der Waals surface area contributed by atoms with Crippen molar-refractivity contribution in [3.63, 3.8) is 0 Å². The average Bonchev–Trinajstić information content (AvgIpc) is 2.94. The van der Waals surface area contributed by atoms with Crippen LogP contribution < -0.4 is 10.2 Å². The zero-order valence-corrected chi connectivity index (χ0v) is 13.1. The number of nitrogens with zero attached hydrogens (tertiary/aromatic N) is 1. The Kier molecular flexibility index (Phi) is 4.47. The van der Waals surface area contributed by atoms with Crippen molar-refractivity contribution in [2.24, 2.45) is 0 Å². The molecule has 1 aliphatic heterocycles. The molecule has 1 heterocycles. The Morgan fingerprint density at radius 2 is 1.95 bits per heavy atom. The molecule has 3 rings (SSSR count). The molecule has 0 fully saturated rings. The summed E-state index contributed by atoms with van der Waals surface area (Å²) in [7, 11) is 2.01. The molecule has 1 aliphatic rings. The Labute approximate surface area is 131 Å². The number of anilines is 1. The van der Waals surface area contributed by atoms with E-state index in [4.69, 9.17) is 11.6 Å². The quantitative estimate of drug-likeness (QED) is 0.896. The maximum Gasteiger partial charge on any atom is 0.0554 e. The third-order valence-corrected chi connectivity index (χ3v) is 4.59. The van der Waals surface area contributed by atoms with Crippen LogP contribution in [-0.4, -0.2) is 20.1 Å². The van der Waals surface area contributed by atoms with Crippen LogP contribution in [0.1, 0.15) is 23.6 Å². The molecule has 1 unspecified atom stereocenters. The zero-order valence-electron chi connectivity index (χ0n) is 12.3. The lowest BCUT2D eigenvalue weighted by molar-refractivity contribution is 0.569. The van der Waals surface area contributed by atoms with Gasteiger partial charge in [0.15, 0.2) is 0 Å². The maximum atomic E-state index is 6.35. The Morgan fingerprint density at radius 1 is 1.14 bits per heavy atom. The Balaban J connectivity index is 1.94. The van der Waals surface area contributed by atoms with Crippen LogP contribution in [0.25, 0.3) is 0 Å². The highest BCUT2D eigenvalue weighted by Crippen LogP contribution is 2.39. The van der Waals surface area contributed by atoms with Gasteiger partial charge in [0.2, 0.25) is 0 Å². The van der Waals surface area contributed by atoms with Crippen molar-refractivity contribution in [3.05, 3.63) is 64.7 Å². The topological polar surface area (TPSA) is 15.3 Å². The van der Waals surface area contributed by atoms with Gasteiger partial charge in [-0.25, -0.2) is 0 Å². The van der Waals surface area contributed by atoms with Gasteiger partial charge in [0.05, 0.1) is 6.04 Å². The fourth-order valence-corrected chi connectivity index (χ4v) is 3.46. The Bertz CT molecular complexity index is 597. The molecule has 2 aromatic carbocycles. The summed E-state index contributed by atoms with van der Waals surface area (Å²) in [6.07, 6.45) is 2.13. The number of hydrogen-bond donors (Lipinski definition) is 1. The van der Waals surface area contributed by atoms with Crippen LogP contribution in [0, 0.1) is 0 Å². The minimum Gasteiger partial charge on any atom is -0.364 e. The first-order chi connectivity index (χ1) is 10.3. The Morgan fingerprint density at radius 3 is 2.71 bits per heavy atom. The van der Waals surface area contributed by atoms with E-state index < -0.39 is 0 Å². The van der Waals surface area contributed by atoms with E-state index in [9.17, 15) is 0 Å². The fourth-order valence-electron chi connectivity index (χ4n) is 3.20. The van der Waals surface area contributed by atoms with Crippen LogP contribution in [0.5, 0.6) is 0 Å². The molecule has 0 amide bonds. The molecule has 0 saturated heterocycles. The maximum absolute atomic E-state index is 6.35. The summed E-state index contributed by atoms with van der Waals surface area (Å²) in [6.45, 7) is 2.05. The van der Waals surface area contributed by atoms with Crippen LogP contribution in [0.4, 0.5) is 5.69 Å². The first-order valence-electron chi connectivity index (χ1n) is 7.55. The molecule has 0 aromatic heterocycles. The molecule has 0 saturated carbocycles. The predicted octanol–water partition coefficient (Wildman–Crippen LogP) is 4.05. The minimum absolute atomic E-state index is 0.401. The van der Waals surface area contributed by atoms with Gasteiger partial charge in [-0.15, -0.1) is 0 Å². The highest BCUT2D eigenvalue weighted by Gasteiger charge is 2.27. The molecule has 1 N–H and O–H groups in total. The van der Waals surface area contributed by atoms with E-state index in [0.717, 1.165) is 31.0 Å². The highest BCUT2D eigenvalue weighted by atomic mass is 35.5. The van der Waals surface area contributed by atoms with Crippen LogP contribution in [0.3, 0.4) is 0 Å². The van der Waals surface area contributed by atoms with Gasteiger partial charge in [0, 0.05) is 17.3 Å². The lowest BCUT2D eigenvalue weighted by Crippen LogP contribution is -2.29. The molecular formula is C18H21ClN2. The fraction of sp³-hybridized carbons (Fsp3) is 0.333. The average molecular weight is 301 g/mol. The van der Waals surface area contributed by atoms with E-state index in [1.54, 1.807) is 0 Å². The first kappa shape index (κ1) is 14.4. The van der Waals surface area contributed by atoms with Crippen molar-refractivity contribution in [2.75, 3.05) is 25.0 Å². The van der Waals surface area contributed by atoms with E-state index in [0.29, 0.717) is 6.04 Å². The lowest BCUT2D eigenvalue weighted by Gasteiger charge is -2.31. The van der Waals surface area contributed by atoms with Crippen molar-refractivity contribution in [2.45, 2.75) is 18.9 Å². The molecule has 2 aromatic rings. The molecule has 2 nitrogen and oxygen atoms in total. The zero-order chi connectivity index (χ0) is 14.7. The first-order valence-corrected chi connectivity index (χ1v) is 7.92. The normalized spacial score (nSPS) is 15.0. The third-order valence-electron chi connectivity index (χ3n) is 4.23. The van der Waals surface area contributed by atoms with Crippen LogP contribution >= 0.6 is 11.6 Å². The Hall–Kier alpha value is -1.51. The summed E-state index contributed by atoms with van der Waals surface area (Å²) in [6, 6.07) is 17.4. The standard InChI is InChI=1S/C18H21ClN2/c1-20-12-10-17(14-6-3-2-4-7-14)21-13-11-15-16(19)8-5-9-18(15)21/h2-9,17,20H,10-13H2,1H3. The number of fused-ring (bicyclic) bond motifs is 1. The van der Waals surface area contributed by atoms with Gasteiger partial charge in [0.25, 0.3) is 0 Å². The predicted molar refractivity (Wildman–Crippen MR) is 90.2 cm³/mol. The molecular weight excluding hydrogens is 280 g/mol. The lowest BCUT2D eigenvalue weighted by atomic mass is 10.0. The van der Waals surface area contributed by atoms with E-state index in [1.165, 1.54) is 16.8 Å². The van der Waals surface area contributed by atoms with E-state index in [-0.39, 0.29) is 0 Å². The van der Waals surface area contributed by atoms with Crippen LogP contribution in [0.15, 0.2) is 48.5 Å². The minimum atomic E-state index is 0.401. The SMILES string of the molecule is CNCCC(c1ccccc1)N1CCc2c(Cl)cccc21. The van der Waals surface area contributed by atoms with Crippen LogP contribution in [0.2, 0.25) is 5.02 Å². The summed E-state index contributed by atoms with van der Waals surface area (Å²) < 4.78 is 0. The molecule has 0 aliphatic carbocycles. The third kappa shape index (κ3) is 2.92. The highest BCUT2D eigenvalue weighted by molar-refractivity contribution is 6.31. The van der Waals surface area contributed by atoms with Gasteiger partial charge in [-0.1, -0.05) is 48.0 Å². The summed E-state index contributed by atoms with van der Waals surface area (Å²) in [5.41, 5.74) is 3.97. The number of halogens is 1. The summed E-state index contributed by atoms with van der Waals surface area (Å²) in [4.78, 5) is 2.51. The molecule has 3 heteroatoms. The second kappa shape index (κ2) is 6.50. The second-order valence-corrected chi connectivity index (χ2v) is 5.91. The van der Waals surface area contributed by atoms with Gasteiger partial charge >= 0.3 is 0 Å². The number of benzene rings is 2. The van der Waals surface area contributed by atoms with Gasteiger partial charge in [-0.05, 0) is 49.7 Å². The van der Waals surface area contributed by atoms with Crippen molar-refractivity contribution in [1.29, 1.82) is 0 Å². The molecule has 0 spiro atoms. The second-order valence-electron chi connectivity index (χ2n) is 5.50. The summed E-state index contributed by atoms with van der Waals surface area (Å²) >= 11 is 6.35. The van der Waals surface area contributed by atoms with Crippen molar-refractivity contribution < 1.29 is 0 Å². The van der Waals surface area contributed by atoms with Crippen molar-refractivity contribution in [1.82, 2.24) is 5.32 Å². The number of rotatable bonds is 5. The van der Waals surface area contributed by atoms with Gasteiger partial charge < -0.3 is 10.2 Å².